The summed E-state index contributed by atoms with van der Waals surface area (Å²) in [5.74, 6) is 0.375. The van der Waals surface area contributed by atoms with Crippen LogP contribution in [0.15, 0.2) is 23.7 Å². The third-order valence-corrected chi connectivity index (χ3v) is 1.92. The second kappa shape index (κ2) is 2.12. The summed E-state index contributed by atoms with van der Waals surface area (Å²) in [6.07, 6.45) is 3.38. The van der Waals surface area contributed by atoms with Crippen molar-refractivity contribution < 1.29 is 14.3 Å². The third kappa shape index (κ3) is 0.843. The van der Waals surface area contributed by atoms with Gasteiger partial charge in [0.2, 0.25) is 0 Å². The molecule has 0 aromatic rings. The summed E-state index contributed by atoms with van der Waals surface area (Å²) in [7, 11) is 0. The molecule has 0 saturated carbocycles. The predicted octanol–water partition coefficient (Wildman–Crippen LogP) is 0.977. The van der Waals surface area contributed by atoms with Gasteiger partial charge in [-0.2, -0.15) is 0 Å². The summed E-state index contributed by atoms with van der Waals surface area (Å²) in [6.45, 7) is 2.22. The standard InChI is InChI=1S/C8H8O3/c1-5-6-2-3-10-4-7(6)11-8(5)9/h2-3,5H,4H2,1H3. The monoisotopic (exact) mass is 152 g/mol. The molecule has 3 heteroatoms. The quantitative estimate of drug-likeness (QED) is 0.485. The smallest absolute Gasteiger partial charge is 0.318 e. The third-order valence-electron chi connectivity index (χ3n) is 1.92. The lowest BCUT2D eigenvalue weighted by atomic mass is 10.0. The summed E-state index contributed by atoms with van der Waals surface area (Å²) < 4.78 is 9.91. The van der Waals surface area contributed by atoms with E-state index >= 15 is 0 Å². The van der Waals surface area contributed by atoms with Gasteiger partial charge in [-0.05, 0) is 13.0 Å². The maximum atomic E-state index is 11.0. The van der Waals surface area contributed by atoms with Gasteiger partial charge in [-0.15, -0.1) is 0 Å². The fraction of sp³-hybridized carbons (Fsp3) is 0.375. The Morgan fingerprint density at radius 3 is 3.18 bits per heavy atom. The summed E-state index contributed by atoms with van der Waals surface area (Å²) in [6, 6.07) is 0. The molecule has 0 radical (unpaired) electrons. The number of carbonyl (C=O) groups excluding carboxylic acids is 1. The number of hydrogen-bond donors (Lipinski definition) is 0. The second-order valence-electron chi connectivity index (χ2n) is 2.64. The van der Waals surface area contributed by atoms with Gasteiger partial charge >= 0.3 is 5.97 Å². The maximum Gasteiger partial charge on any atom is 0.318 e. The Kier molecular flexibility index (Phi) is 1.24. The minimum Gasteiger partial charge on any atom is -0.493 e. The first-order valence-corrected chi connectivity index (χ1v) is 3.52. The van der Waals surface area contributed by atoms with Crippen LogP contribution in [0.25, 0.3) is 0 Å². The molecule has 0 aromatic heterocycles. The van der Waals surface area contributed by atoms with E-state index in [9.17, 15) is 4.79 Å². The number of hydrogen-bond acceptors (Lipinski definition) is 3. The van der Waals surface area contributed by atoms with Crippen LogP contribution in [-0.4, -0.2) is 12.6 Å². The molecule has 2 aliphatic rings. The normalized spacial score (nSPS) is 28.1. The van der Waals surface area contributed by atoms with Crippen LogP contribution in [0.4, 0.5) is 0 Å². The lowest BCUT2D eigenvalue weighted by molar-refractivity contribution is -0.140. The largest absolute Gasteiger partial charge is 0.493 e. The van der Waals surface area contributed by atoms with E-state index in [-0.39, 0.29) is 11.9 Å². The SMILES string of the molecule is CC1C(=O)OC2=C1C=COC2. The van der Waals surface area contributed by atoms with Crippen LogP contribution in [0.2, 0.25) is 0 Å². The molecule has 0 saturated heterocycles. The number of allylic oxidation sites excluding steroid dienone is 1. The first-order valence-electron chi connectivity index (χ1n) is 3.52. The van der Waals surface area contributed by atoms with Gasteiger partial charge in [0.15, 0.2) is 0 Å². The highest BCUT2D eigenvalue weighted by atomic mass is 16.6. The Morgan fingerprint density at radius 2 is 2.45 bits per heavy atom. The number of ether oxygens (including phenoxy) is 2. The van der Waals surface area contributed by atoms with Gasteiger partial charge in [0.25, 0.3) is 0 Å². The molecule has 11 heavy (non-hydrogen) atoms. The Bertz CT molecular complexity index is 263. The van der Waals surface area contributed by atoms with Gasteiger partial charge in [-0.1, -0.05) is 0 Å². The summed E-state index contributed by atoms with van der Waals surface area (Å²) in [5.41, 5.74) is 0.959. The molecule has 58 valence electrons. The molecule has 2 aliphatic heterocycles. The highest BCUT2D eigenvalue weighted by Gasteiger charge is 2.31. The molecular formula is C8H8O3. The molecule has 1 unspecified atom stereocenters. The van der Waals surface area contributed by atoms with Crippen molar-refractivity contribution in [3.8, 4) is 0 Å². The van der Waals surface area contributed by atoms with E-state index in [1.807, 2.05) is 6.92 Å². The molecule has 2 heterocycles. The zero-order chi connectivity index (χ0) is 7.84. The number of rotatable bonds is 0. The van der Waals surface area contributed by atoms with Gasteiger partial charge in [0.05, 0.1) is 12.2 Å². The van der Waals surface area contributed by atoms with E-state index in [1.54, 1.807) is 12.3 Å². The molecule has 2 rings (SSSR count). The zero-order valence-electron chi connectivity index (χ0n) is 6.16. The predicted molar refractivity (Wildman–Crippen MR) is 37.4 cm³/mol. The molecule has 0 spiro atoms. The highest BCUT2D eigenvalue weighted by Crippen LogP contribution is 2.29. The fourth-order valence-electron chi connectivity index (χ4n) is 1.23. The number of esters is 1. The number of carbonyl (C=O) groups is 1. The average Bonchev–Trinajstić information content (AvgIpc) is 2.30. The van der Waals surface area contributed by atoms with Crippen LogP contribution >= 0.6 is 0 Å². The topological polar surface area (TPSA) is 35.5 Å². The Hall–Kier alpha value is -1.25. The molecule has 0 amide bonds. The van der Waals surface area contributed by atoms with Crippen molar-refractivity contribution in [2.45, 2.75) is 6.92 Å². The molecule has 0 aliphatic carbocycles. The minimum absolute atomic E-state index is 0.120. The van der Waals surface area contributed by atoms with Crippen LogP contribution in [0, 0.1) is 5.92 Å². The highest BCUT2D eigenvalue weighted by molar-refractivity contribution is 5.81. The van der Waals surface area contributed by atoms with Crippen molar-refractivity contribution in [1.29, 1.82) is 0 Å². The van der Waals surface area contributed by atoms with E-state index in [0.29, 0.717) is 12.4 Å². The van der Waals surface area contributed by atoms with Crippen molar-refractivity contribution in [2.24, 2.45) is 5.92 Å². The van der Waals surface area contributed by atoms with Crippen LogP contribution in [0.5, 0.6) is 0 Å². The van der Waals surface area contributed by atoms with Crippen LogP contribution in [0.1, 0.15) is 6.92 Å². The summed E-state index contributed by atoms with van der Waals surface area (Å²) in [4.78, 5) is 11.0. The first-order chi connectivity index (χ1) is 5.29. The van der Waals surface area contributed by atoms with E-state index < -0.39 is 0 Å². The van der Waals surface area contributed by atoms with Crippen LogP contribution in [-0.2, 0) is 14.3 Å². The van der Waals surface area contributed by atoms with Crippen molar-refractivity contribution >= 4 is 5.97 Å². The van der Waals surface area contributed by atoms with Gasteiger partial charge in [-0.25, -0.2) is 0 Å². The Balaban J connectivity index is 2.35. The van der Waals surface area contributed by atoms with Gasteiger partial charge in [0, 0.05) is 5.57 Å². The van der Waals surface area contributed by atoms with Crippen LogP contribution < -0.4 is 0 Å². The van der Waals surface area contributed by atoms with Crippen molar-refractivity contribution in [2.75, 3.05) is 6.61 Å². The van der Waals surface area contributed by atoms with Crippen molar-refractivity contribution in [3.63, 3.8) is 0 Å². The van der Waals surface area contributed by atoms with E-state index in [1.165, 1.54) is 0 Å². The van der Waals surface area contributed by atoms with Crippen molar-refractivity contribution in [1.82, 2.24) is 0 Å². The Morgan fingerprint density at radius 1 is 1.64 bits per heavy atom. The van der Waals surface area contributed by atoms with E-state index in [2.05, 4.69) is 0 Å². The van der Waals surface area contributed by atoms with Gasteiger partial charge in [0.1, 0.15) is 12.4 Å². The Labute approximate surface area is 64.3 Å². The molecule has 3 nitrogen and oxygen atoms in total. The molecular weight excluding hydrogens is 144 g/mol. The lowest BCUT2D eigenvalue weighted by Crippen LogP contribution is -2.05. The lowest BCUT2D eigenvalue weighted by Gasteiger charge is -2.07. The molecule has 0 N–H and O–H groups in total. The van der Waals surface area contributed by atoms with Crippen molar-refractivity contribution in [3.05, 3.63) is 23.7 Å². The average molecular weight is 152 g/mol. The zero-order valence-corrected chi connectivity index (χ0v) is 6.16. The van der Waals surface area contributed by atoms with Crippen LogP contribution in [0.3, 0.4) is 0 Å². The molecule has 1 atom stereocenters. The summed E-state index contributed by atoms with van der Waals surface area (Å²) >= 11 is 0. The first kappa shape index (κ1) is 6.46. The molecule has 0 aromatic carbocycles. The van der Waals surface area contributed by atoms with Gasteiger partial charge < -0.3 is 9.47 Å². The van der Waals surface area contributed by atoms with E-state index in [4.69, 9.17) is 9.47 Å². The fourth-order valence-corrected chi connectivity index (χ4v) is 1.23. The molecule has 0 bridgehead atoms. The minimum atomic E-state index is -0.176. The van der Waals surface area contributed by atoms with E-state index in [0.717, 1.165) is 5.57 Å². The summed E-state index contributed by atoms with van der Waals surface area (Å²) in [5, 5.41) is 0. The maximum absolute atomic E-state index is 11.0. The molecule has 0 fully saturated rings. The second-order valence-corrected chi connectivity index (χ2v) is 2.64. The van der Waals surface area contributed by atoms with Gasteiger partial charge in [-0.3, -0.25) is 4.79 Å².